The third-order valence-corrected chi connectivity index (χ3v) is 5.42. The first kappa shape index (κ1) is 23.2. The van der Waals surface area contributed by atoms with Gasteiger partial charge in [0.2, 0.25) is 5.91 Å². The Hall–Kier alpha value is -3.44. The number of nitrogens with two attached hydrogens (primary N) is 1. The van der Waals surface area contributed by atoms with Crippen LogP contribution in [-0.2, 0) is 4.79 Å². The molecule has 3 rings (SSSR count). The van der Waals surface area contributed by atoms with Crippen LogP contribution in [-0.4, -0.2) is 27.5 Å². The molecule has 0 fully saturated rings. The first-order valence-electron chi connectivity index (χ1n) is 8.99. The van der Waals surface area contributed by atoms with E-state index in [-0.39, 0.29) is 33.9 Å². The number of anilines is 3. The SMILES string of the molecule is Cc1ccc(NC(=O)CSc2nc(N)c(NC(=O)c3ccc(F)c(F)c3)c(=O)[nH]2)cc1Cl. The highest BCUT2D eigenvalue weighted by molar-refractivity contribution is 7.99. The van der Waals surface area contributed by atoms with Crippen LogP contribution in [0.15, 0.2) is 46.3 Å². The fourth-order valence-corrected chi connectivity index (χ4v) is 3.33. The monoisotopic (exact) mass is 479 g/mol. The van der Waals surface area contributed by atoms with Gasteiger partial charge in [0.25, 0.3) is 11.5 Å². The lowest BCUT2D eigenvalue weighted by Crippen LogP contribution is -2.23. The van der Waals surface area contributed by atoms with Gasteiger partial charge in [-0.2, -0.15) is 0 Å². The largest absolute Gasteiger partial charge is 0.382 e. The highest BCUT2D eigenvalue weighted by Gasteiger charge is 2.16. The minimum Gasteiger partial charge on any atom is -0.382 e. The van der Waals surface area contributed by atoms with Gasteiger partial charge in [0, 0.05) is 16.3 Å². The molecule has 5 N–H and O–H groups in total. The van der Waals surface area contributed by atoms with E-state index in [1.807, 2.05) is 6.92 Å². The Balaban J connectivity index is 1.65. The van der Waals surface area contributed by atoms with Crippen molar-refractivity contribution in [1.82, 2.24) is 9.97 Å². The third-order valence-electron chi connectivity index (χ3n) is 4.14. The minimum absolute atomic E-state index is 0.0513. The van der Waals surface area contributed by atoms with Crippen molar-refractivity contribution in [2.75, 3.05) is 22.1 Å². The smallest absolute Gasteiger partial charge is 0.277 e. The summed E-state index contributed by atoms with van der Waals surface area (Å²) in [6, 6.07) is 7.60. The fourth-order valence-electron chi connectivity index (χ4n) is 2.48. The summed E-state index contributed by atoms with van der Waals surface area (Å²) in [6.45, 7) is 1.83. The molecule has 8 nitrogen and oxygen atoms in total. The molecule has 1 aromatic heterocycles. The number of carbonyl (C=O) groups is 2. The molecule has 1 heterocycles. The number of benzene rings is 2. The second kappa shape index (κ2) is 9.79. The molecular weight excluding hydrogens is 464 g/mol. The van der Waals surface area contributed by atoms with E-state index in [2.05, 4.69) is 20.6 Å². The van der Waals surface area contributed by atoms with E-state index in [4.69, 9.17) is 17.3 Å². The summed E-state index contributed by atoms with van der Waals surface area (Å²) in [6.07, 6.45) is 0. The first-order chi connectivity index (χ1) is 15.1. The number of amides is 2. The van der Waals surface area contributed by atoms with Gasteiger partial charge in [-0.1, -0.05) is 29.4 Å². The lowest BCUT2D eigenvalue weighted by molar-refractivity contribution is -0.113. The van der Waals surface area contributed by atoms with Crippen LogP contribution in [0, 0.1) is 18.6 Å². The number of nitrogens with one attached hydrogen (secondary N) is 3. The Morgan fingerprint density at radius 1 is 1.16 bits per heavy atom. The zero-order chi connectivity index (χ0) is 23.4. The Morgan fingerprint density at radius 2 is 1.91 bits per heavy atom. The molecule has 0 aliphatic carbocycles. The van der Waals surface area contributed by atoms with Crippen molar-refractivity contribution < 1.29 is 18.4 Å². The molecule has 3 aromatic rings. The fraction of sp³-hybridized carbons (Fsp3) is 0.100. The maximum absolute atomic E-state index is 13.3. The molecule has 0 spiro atoms. The Morgan fingerprint density at radius 3 is 2.56 bits per heavy atom. The average molecular weight is 480 g/mol. The number of hydrogen-bond donors (Lipinski definition) is 4. The van der Waals surface area contributed by atoms with Crippen molar-refractivity contribution in [2.45, 2.75) is 12.1 Å². The Labute approximate surface area is 189 Å². The summed E-state index contributed by atoms with van der Waals surface area (Å²) in [4.78, 5) is 43.0. The molecule has 166 valence electrons. The quantitative estimate of drug-likeness (QED) is 0.316. The van der Waals surface area contributed by atoms with Crippen LogP contribution in [0.2, 0.25) is 5.02 Å². The first-order valence-corrected chi connectivity index (χ1v) is 10.4. The number of carbonyl (C=O) groups excluding carboxylic acids is 2. The molecule has 0 bridgehead atoms. The molecule has 0 unspecified atom stereocenters. The summed E-state index contributed by atoms with van der Waals surface area (Å²) in [7, 11) is 0. The summed E-state index contributed by atoms with van der Waals surface area (Å²) >= 11 is 6.94. The second-order valence-corrected chi connectivity index (χ2v) is 7.89. The van der Waals surface area contributed by atoms with Crippen molar-refractivity contribution in [3.05, 3.63) is 74.5 Å². The normalized spacial score (nSPS) is 10.6. The van der Waals surface area contributed by atoms with E-state index in [9.17, 15) is 23.2 Å². The zero-order valence-corrected chi connectivity index (χ0v) is 18.0. The number of aromatic nitrogens is 2. The maximum atomic E-state index is 13.3. The van der Waals surface area contributed by atoms with Crippen LogP contribution < -0.4 is 21.9 Å². The number of H-pyrrole nitrogens is 1. The number of nitrogens with zero attached hydrogens (tertiary/aromatic N) is 1. The topological polar surface area (TPSA) is 130 Å². The van der Waals surface area contributed by atoms with Gasteiger partial charge >= 0.3 is 0 Å². The lowest BCUT2D eigenvalue weighted by atomic mass is 10.2. The van der Waals surface area contributed by atoms with E-state index in [1.165, 1.54) is 0 Å². The van der Waals surface area contributed by atoms with E-state index in [0.717, 1.165) is 29.5 Å². The van der Waals surface area contributed by atoms with Crippen molar-refractivity contribution in [3.8, 4) is 0 Å². The van der Waals surface area contributed by atoms with Gasteiger partial charge in [0.15, 0.2) is 22.6 Å². The number of aromatic amines is 1. The second-order valence-electron chi connectivity index (χ2n) is 6.52. The summed E-state index contributed by atoms with van der Waals surface area (Å²) in [5.74, 6) is -3.97. The number of halogens is 3. The molecule has 0 radical (unpaired) electrons. The van der Waals surface area contributed by atoms with E-state index >= 15 is 0 Å². The van der Waals surface area contributed by atoms with Crippen molar-refractivity contribution in [3.63, 3.8) is 0 Å². The third kappa shape index (κ3) is 5.62. The highest BCUT2D eigenvalue weighted by Crippen LogP contribution is 2.21. The summed E-state index contributed by atoms with van der Waals surface area (Å²) < 4.78 is 26.3. The number of rotatable bonds is 6. The molecule has 32 heavy (non-hydrogen) atoms. The average Bonchev–Trinajstić information content (AvgIpc) is 2.73. The lowest BCUT2D eigenvalue weighted by Gasteiger charge is -2.09. The van der Waals surface area contributed by atoms with Crippen LogP contribution in [0.4, 0.5) is 26.0 Å². The molecule has 2 amide bonds. The predicted octanol–water partition coefficient (Wildman–Crippen LogP) is 3.58. The van der Waals surface area contributed by atoms with Crippen LogP contribution in [0.3, 0.4) is 0 Å². The van der Waals surface area contributed by atoms with E-state index < -0.39 is 23.1 Å². The molecule has 0 saturated carbocycles. The van der Waals surface area contributed by atoms with Crippen LogP contribution >= 0.6 is 23.4 Å². The van der Waals surface area contributed by atoms with Gasteiger partial charge in [-0.15, -0.1) is 0 Å². The summed E-state index contributed by atoms with van der Waals surface area (Å²) in [5.41, 5.74) is 5.79. The minimum atomic E-state index is -1.21. The number of thioether (sulfide) groups is 1. The number of nitrogen functional groups attached to an aromatic ring is 1. The zero-order valence-electron chi connectivity index (χ0n) is 16.5. The van der Waals surface area contributed by atoms with Gasteiger partial charge in [-0.3, -0.25) is 19.4 Å². The Bertz CT molecular complexity index is 1270. The van der Waals surface area contributed by atoms with Gasteiger partial charge < -0.3 is 16.4 Å². The standard InChI is InChI=1S/C20H16ClF2N5O3S/c1-9-2-4-11(7-12(9)21)25-15(29)8-32-20-27-17(24)16(19(31)28-20)26-18(30)10-3-5-13(22)14(23)6-10/h2-7H,8H2,1H3,(H,25,29)(H,26,30)(H3,24,27,28,31). The van der Waals surface area contributed by atoms with Crippen molar-refractivity contribution in [2.24, 2.45) is 0 Å². The van der Waals surface area contributed by atoms with E-state index in [1.54, 1.807) is 18.2 Å². The molecule has 0 saturated heterocycles. The van der Waals surface area contributed by atoms with Crippen molar-refractivity contribution in [1.29, 1.82) is 0 Å². The Kier molecular flexibility index (Phi) is 7.11. The molecule has 0 atom stereocenters. The molecule has 2 aromatic carbocycles. The highest BCUT2D eigenvalue weighted by atomic mass is 35.5. The molecule has 0 aliphatic heterocycles. The summed E-state index contributed by atoms with van der Waals surface area (Å²) in [5, 5.41) is 5.44. The van der Waals surface area contributed by atoms with Crippen molar-refractivity contribution >= 4 is 52.4 Å². The van der Waals surface area contributed by atoms with Gasteiger partial charge in [0.1, 0.15) is 5.69 Å². The van der Waals surface area contributed by atoms with Gasteiger partial charge in [0.05, 0.1) is 5.75 Å². The van der Waals surface area contributed by atoms with Crippen LogP contribution in [0.5, 0.6) is 0 Å². The van der Waals surface area contributed by atoms with Gasteiger partial charge in [-0.05, 0) is 42.8 Å². The number of aryl methyl sites for hydroxylation is 1. The number of hydrogen-bond acceptors (Lipinski definition) is 6. The molecule has 0 aliphatic rings. The predicted molar refractivity (Wildman–Crippen MR) is 119 cm³/mol. The van der Waals surface area contributed by atoms with Gasteiger partial charge in [-0.25, -0.2) is 13.8 Å². The maximum Gasteiger partial charge on any atom is 0.277 e. The molecule has 12 heteroatoms. The van der Waals surface area contributed by atoms with Crippen LogP contribution in [0.1, 0.15) is 15.9 Å². The van der Waals surface area contributed by atoms with E-state index in [0.29, 0.717) is 16.8 Å². The van der Waals surface area contributed by atoms with Crippen LogP contribution in [0.25, 0.3) is 0 Å². The molecular formula is C20H16ClF2N5O3S.